The molecule has 364 valence electrons. The summed E-state index contributed by atoms with van der Waals surface area (Å²) in [6.07, 6.45) is 7.82. The van der Waals surface area contributed by atoms with Crippen molar-refractivity contribution in [1.82, 2.24) is 35.1 Å². The lowest BCUT2D eigenvalue weighted by Crippen LogP contribution is -2.48. The molecule has 3 unspecified atom stereocenters. The van der Waals surface area contributed by atoms with Crippen LogP contribution in [0.15, 0.2) is 181 Å². The van der Waals surface area contributed by atoms with Gasteiger partial charge in [-0.2, -0.15) is 0 Å². The van der Waals surface area contributed by atoms with Crippen LogP contribution < -0.4 is 10.6 Å². The number of nitrogens with zero attached hydrogens (tertiary/aromatic N) is 5. The van der Waals surface area contributed by atoms with Gasteiger partial charge in [-0.1, -0.05) is 166 Å². The van der Waals surface area contributed by atoms with Crippen molar-refractivity contribution in [1.29, 1.82) is 0 Å². The fourth-order valence-electron chi connectivity index (χ4n) is 9.20. The molecule has 0 bridgehead atoms. The van der Waals surface area contributed by atoms with Crippen molar-refractivity contribution in [3.05, 3.63) is 230 Å². The van der Waals surface area contributed by atoms with Gasteiger partial charge in [0.2, 0.25) is 0 Å². The molecule has 0 spiro atoms. The largest absolute Gasteiger partial charge is 0.444 e. The summed E-state index contributed by atoms with van der Waals surface area (Å²) in [7, 11) is 1.73. The van der Waals surface area contributed by atoms with E-state index in [2.05, 4.69) is 94.7 Å². The average Bonchev–Trinajstić information content (AvgIpc) is 4.21. The minimum atomic E-state index is -0.909. The van der Waals surface area contributed by atoms with Gasteiger partial charge in [0.05, 0.1) is 45.7 Å². The van der Waals surface area contributed by atoms with Crippen molar-refractivity contribution in [2.45, 2.75) is 89.1 Å². The first-order chi connectivity index (χ1) is 34.6. The molecule has 2 N–H and O–H groups in total. The molecule has 0 saturated heterocycles. The number of thiazole rings is 2. The number of aromatic nitrogens is 4. The van der Waals surface area contributed by atoms with Crippen LogP contribution in [-0.2, 0) is 47.5 Å². The van der Waals surface area contributed by atoms with Crippen molar-refractivity contribution in [2.75, 3.05) is 7.05 Å². The zero-order valence-corrected chi connectivity index (χ0v) is 42.1. The Hall–Kier alpha value is -7.22. The number of ether oxygens (including phenoxy) is 1. The van der Waals surface area contributed by atoms with E-state index < -0.39 is 17.7 Å². The number of alkyl carbamates (subject to hydrolysis) is 1. The van der Waals surface area contributed by atoms with Crippen LogP contribution in [0, 0.1) is 5.92 Å². The number of carbonyl (C=O) groups excluding carboxylic acids is 3. The van der Waals surface area contributed by atoms with Crippen LogP contribution in [-0.4, -0.2) is 61.5 Å². The molecule has 0 aliphatic heterocycles. The number of benzene rings is 5. The van der Waals surface area contributed by atoms with E-state index in [1.165, 1.54) is 11.3 Å². The first-order valence-corrected chi connectivity index (χ1v) is 26.0. The fourth-order valence-corrected chi connectivity index (χ4v) is 10.5. The van der Waals surface area contributed by atoms with Gasteiger partial charge in [-0.3, -0.25) is 9.78 Å². The second-order valence-corrected chi connectivity index (χ2v) is 20.2. The summed E-state index contributed by atoms with van der Waals surface area (Å²) in [6.45, 7) is 4.63. The lowest BCUT2D eigenvalue weighted by atomic mass is 9.77. The third kappa shape index (κ3) is 13.4. The highest BCUT2D eigenvalue weighted by Gasteiger charge is 2.39. The molecule has 11 nitrogen and oxygen atoms in total. The fraction of sp³-hybridized carbons (Fsp3) is 0.276. The maximum atomic E-state index is 15.1. The third-order valence-corrected chi connectivity index (χ3v) is 14.7. The van der Waals surface area contributed by atoms with Gasteiger partial charge in [0.1, 0.15) is 12.1 Å². The van der Waals surface area contributed by atoms with Crippen LogP contribution in [0.3, 0.4) is 0 Å². The number of hydrogen-bond donors (Lipinski definition) is 2. The molecule has 0 fully saturated rings. The highest BCUT2D eigenvalue weighted by atomic mass is 32.1. The number of urea groups is 1. The Kier molecular flexibility index (Phi) is 17.4. The lowest BCUT2D eigenvalue weighted by molar-refractivity contribution is -0.121. The standard InChI is InChI=1S/C58H61N7O4S2/c1-42(2)55-61-51(39-70-55)36-64(3)56(67)63-53(34-50-37-65(40-60-50)58(46-23-13-6-14-24-46,47-25-15-7-16-26-47)48-27-17-8-18-28-48)54(66)33-45(31-43-19-9-4-10-20-43)29-30-49(32-44-21-11-5-12-22-44)62-57(68)69-38-52-35-59-41-71-52/h4-28,35,37,39-42,45,49,53H,29-34,36,38H2,1-3H3,(H,62,68)(H,63,67). The van der Waals surface area contributed by atoms with Crippen LogP contribution in [0.25, 0.3) is 0 Å². The van der Waals surface area contributed by atoms with E-state index in [-0.39, 0.29) is 55.7 Å². The molecule has 0 radical (unpaired) electrons. The molecule has 5 aromatic carbocycles. The van der Waals surface area contributed by atoms with E-state index in [9.17, 15) is 9.59 Å². The molecule has 3 atom stereocenters. The van der Waals surface area contributed by atoms with Crippen LogP contribution in [0.2, 0.25) is 0 Å². The molecule has 8 aromatic rings. The van der Waals surface area contributed by atoms with Gasteiger partial charge in [0.15, 0.2) is 5.78 Å². The smallest absolute Gasteiger partial charge is 0.407 e. The van der Waals surface area contributed by atoms with E-state index in [1.54, 1.807) is 35.0 Å². The maximum absolute atomic E-state index is 15.1. The molecule has 71 heavy (non-hydrogen) atoms. The van der Waals surface area contributed by atoms with E-state index in [0.717, 1.165) is 43.4 Å². The molecule has 0 saturated carbocycles. The number of ketones is 1. The van der Waals surface area contributed by atoms with Gasteiger partial charge >= 0.3 is 12.1 Å². The monoisotopic (exact) mass is 983 g/mol. The summed E-state index contributed by atoms with van der Waals surface area (Å²) in [6, 6.07) is 49.8. The van der Waals surface area contributed by atoms with Crippen LogP contribution in [0.1, 0.15) is 88.1 Å². The summed E-state index contributed by atoms with van der Waals surface area (Å²) < 4.78 is 7.76. The molecular formula is C58H61N7O4S2. The molecule has 0 aliphatic carbocycles. The van der Waals surface area contributed by atoms with Gasteiger partial charge in [-0.25, -0.2) is 19.6 Å². The van der Waals surface area contributed by atoms with Crippen LogP contribution in [0.4, 0.5) is 9.59 Å². The zero-order chi connectivity index (χ0) is 49.4. The molecule has 0 aliphatic rings. The Morgan fingerprint density at radius 1 is 0.704 bits per heavy atom. The zero-order valence-electron chi connectivity index (χ0n) is 40.5. The summed E-state index contributed by atoms with van der Waals surface area (Å²) >= 11 is 3.02. The topological polar surface area (TPSA) is 131 Å². The van der Waals surface area contributed by atoms with Crippen molar-refractivity contribution in [3.63, 3.8) is 0 Å². The van der Waals surface area contributed by atoms with E-state index >= 15 is 4.79 Å². The highest BCUT2D eigenvalue weighted by Crippen LogP contribution is 2.41. The van der Waals surface area contributed by atoms with Gasteiger partial charge < -0.3 is 24.8 Å². The van der Waals surface area contributed by atoms with Gasteiger partial charge in [0.25, 0.3) is 0 Å². The number of hydrogen-bond acceptors (Lipinski definition) is 9. The Morgan fingerprint density at radius 3 is 1.83 bits per heavy atom. The molecule has 3 amide bonds. The maximum Gasteiger partial charge on any atom is 0.407 e. The average molecular weight is 984 g/mol. The Bertz CT molecular complexity index is 2780. The predicted octanol–water partition coefficient (Wildman–Crippen LogP) is 11.6. The SMILES string of the molecule is CC(C)c1nc(CN(C)C(=O)NC(Cc2cn(C(c3ccccc3)(c3ccccc3)c3ccccc3)cn2)C(=O)CC(CCC(Cc2ccccc2)NC(=O)OCc2cncs2)Cc2ccccc2)cs1. The number of nitrogens with one attached hydrogen (secondary N) is 2. The summed E-state index contributed by atoms with van der Waals surface area (Å²) in [4.78, 5) is 59.0. The minimum absolute atomic E-state index is 0.102. The van der Waals surface area contributed by atoms with Crippen molar-refractivity contribution >= 4 is 40.6 Å². The molecule has 3 heterocycles. The van der Waals surface area contributed by atoms with Gasteiger partial charge in [-0.15, -0.1) is 22.7 Å². The first kappa shape index (κ1) is 50.2. The van der Waals surface area contributed by atoms with Crippen LogP contribution in [0.5, 0.6) is 0 Å². The number of imidazole rings is 1. The minimum Gasteiger partial charge on any atom is -0.444 e. The number of carbonyl (C=O) groups is 3. The van der Waals surface area contributed by atoms with Gasteiger partial charge in [0, 0.05) is 49.6 Å². The second kappa shape index (κ2) is 24.6. The van der Waals surface area contributed by atoms with Gasteiger partial charge in [-0.05, 0) is 59.4 Å². The summed E-state index contributed by atoms with van der Waals surface area (Å²) in [5, 5.41) is 9.29. The number of Topliss-reactive ketones (excluding diaryl/α,β-unsaturated/α-hetero) is 1. The third-order valence-electron chi connectivity index (χ3n) is 12.8. The normalized spacial score (nSPS) is 12.7. The van der Waals surface area contributed by atoms with E-state index in [1.807, 2.05) is 109 Å². The molecule has 3 aromatic heterocycles. The predicted molar refractivity (Wildman–Crippen MR) is 282 cm³/mol. The highest BCUT2D eigenvalue weighted by molar-refractivity contribution is 7.09. The molecule has 8 rings (SSSR count). The van der Waals surface area contributed by atoms with Crippen molar-refractivity contribution in [2.24, 2.45) is 5.92 Å². The molecule has 13 heteroatoms. The summed E-state index contributed by atoms with van der Waals surface area (Å²) in [5.41, 5.74) is 7.67. The van der Waals surface area contributed by atoms with Crippen molar-refractivity contribution in [3.8, 4) is 0 Å². The Morgan fingerprint density at radius 2 is 1.28 bits per heavy atom. The van der Waals surface area contributed by atoms with Crippen molar-refractivity contribution < 1.29 is 19.1 Å². The Labute approximate surface area is 425 Å². The summed E-state index contributed by atoms with van der Waals surface area (Å²) in [5.74, 6) is 0.0459. The lowest BCUT2D eigenvalue weighted by Gasteiger charge is -2.37. The second-order valence-electron chi connectivity index (χ2n) is 18.4. The quantitative estimate of drug-likeness (QED) is 0.0610. The van der Waals surface area contributed by atoms with E-state index in [4.69, 9.17) is 14.7 Å². The van der Waals surface area contributed by atoms with E-state index in [0.29, 0.717) is 31.4 Å². The van der Waals surface area contributed by atoms with Crippen LogP contribution >= 0.6 is 22.7 Å². The number of amides is 3. The Balaban J connectivity index is 1.09. The number of rotatable bonds is 23. The first-order valence-electron chi connectivity index (χ1n) is 24.2. The molecular weight excluding hydrogens is 923 g/mol.